The number of carbonyl (C=O) groups excluding carboxylic acids is 2. The van der Waals surface area contributed by atoms with Crippen LogP contribution in [0.5, 0.6) is 11.5 Å². The lowest BCUT2D eigenvalue weighted by Gasteiger charge is -2.24. The summed E-state index contributed by atoms with van der Waals surface area (Å²) in [6, 6.07) is 14.1. The maximum atomic E-state index is 12.7. The number of hydrogen-bond donors (Lipinski definition) is 2. The zero-order valence-corrected chi connectivity index (χ0v) is 20.1. The van der Waals surface area contributed by atoms with Crippen LogP contribution in [0.25, 0.3) is 0 Å². The molecule has 0 aliphatic heterocycles. The summed E-state index contributed by atoms with van der Waals surface area (Å²) in [4.78, 5) is 24.6. The Kier molecular flexibility index (Phi) is 10.9. The van der Waals surface area contributed by atoms with Crippen molar-refractivity contribution < 1.29 is 33.6 Å². The first kappa shape index (κ1) is 26.7. The van der Waals surface area contributed by atoms with Gasteiger partial charge in [-0.25, -0.2) is 9.59 Å². The largest absolute Gasteiger partial charge is 0.497 e. The number of carbonyl (C=O) groups is 2. The van der Waals surface area contributed by atoms with Gasteiger partial charge in [0, 0.05) is 17.2 Å². The molecule has 0 radical (unpaired) electrons. The number of nitrogens with one attached hydrogen (secondary N) is 1. The fourth-order valence-electron chi connectivity index (χ4n) is 3.18. The second-order valence-corrected chi connectivity index (χ2v) is 7.64. The van der Waals surface area contributed by atoms with Crippen LogP contribution in [0.1, 0.15) is 38.9 Å². The van der Waals surface area contributed by atoms with Gasteiger partial charge >= 0.3 is 12.1 Å². The summed E-state index contributed by atoms with van der Waals surface area (Å²) in [6.45, 7) is 5.81. The van der Waals surface area contributed by atoms with Crippen LogP contribution in [0.15, 0.2) is 60.2 Å². The summed E-state index contributed by atoms with van der Waals surface area (Å²) in [5, 5.41) is 11.7. The SMILES string of the molecule is CCOC(=O)/C(C)=C/C[C@H](C)[C@@H](OC(=O)Nc1ccc(OC)cc1)c1ccc(OCCO)cc1. The molecule has 2 N–H and O–H groups in total. The topological polar surface area (TPSA) is 103 Å². The molecule has 8 heteroatoms. The molecule has 0 fully saturated rings. The Morgan fingerprint density at radius 3 is 2.29 bits per heavy atom. The molecular weight excluding hydrogens is 438 g/mol. The monoisotopic (exact) mass is 471 g/mol. The number of ether oxygens (including phenoxy) is 4. The van der Waals surface area contributed by atoms with Crippen LogP contribution < -0.4 is 14.8 Å². The predicted octanol–water partition coefficient (Wildman–Crippen LogP) is 4.89. The molecule has 2 atom stereocenters. The van der Waals surface area contributed by atoms with E-state index in [1.165, 1.54) is 0 Å². The van der Waals surface area contributed by atoms with E-state index in [4.69, 9.17) is 24.1 Å². The first-order valence-corrected chi connectivity index (χ1v) is 11.2. The zero-order valence-electron chi connectivity index (χ0n) is 20.1. The summed E-state index contributed by atoms with van der Waals surface area (Å²) in [5.41, 5.74) is 1.85. The van der Waals surface area contributed by atoms with Crippen LogP contribution >= 0.6 is 0 Å². The quantitative estimate of drug-likeness (QED) is 0.335. The first-order valence-electron chi connectivity index (χ1n) is 11.2. The lowest BCUT2D eigenvalue weighted by atomic mass is 9.93. The van der Waals surface area contributed by atoms with Gasteiger partial charge in [0.1, 0.15) is 24.2 Å². The highest BCUT2D eigenvalue weighted by Gasteiger charge is 2.24. The van der Waals surface area contributed by atoms with Crippen LogP contribution in [0, 0.1) is 5.92 Å². The Bertz CT molecular complexity index is 939. The molecule has 2 rings (SSSR count). The minimum Gasteiger partial charge on any atom is -0.497 e. The predicted molar refractivity (Wildman–Crippen MR) is 129 cm³/mol. The highest BCUT2D eigenvalue weighted by atomic mass is 16.6. The number of amides is 1. The Labute approximate surface area is 200 Å². The molecule has 0 unspecified atom stereocenters. The van der Waals surface area contributed by atoms with Crippen molar-refractivity contribution in [1.82, 2.24) is 0 Å². The third-order valence-corrected chi connectivity index (χ3v) is 5.05. The Hall–Kier alpha value is -3.52. The van der Waals surface area contributed by atoms with Gasteiger partial charge in [-0.1, -0.05) is 25.1 Å². The van der Waals surface area contributed by atoms with Crippen molar-refractivity contribution in [1.29, 1.82) is 0 Å². The number of aliphatic hydroxyl groups excluding tert-OH is 1. The van der Waals surface area contributed by atoms with E-state index in [0.29, 0.717) is 35.8 Å². The standard InChI is InChI=1S/C26H33NO7/c1-5-32-25(29)19(3)7-6-18(2)24(20-8-12-23(13-9-20)33-17-16-28)34-26(30)27-21-10-14-22(31-4)15-11-21/h7-15,18,24,28H,5-6,16-17H2,1-4H3,(H,27,30)/b19-7+/t18-,24+/m0/s1. The van der Waals surface area contributed by atoms with E-state index in [-0.39, 0.29) is 25.1 Å². The van der Waals surface area contributed by atoms with Crippen molar-refractivity contribution in [3.8, 4) is 11.5 Å². The maximum absolute atomic E-state index is 12.7. The average molecular weight is 472 g/mol. The molecule has 0 saturated carbocycles. The lowest BCUT2D eigenvalue weighted by Crippen LogP contribution is -2.22. The molecule has 1 amide bonds. The van der Waals surface area contributed by atoms with Crippen molar-refractivity contribution in [2.24, 2.45) is 5.92 Å². The van der Waals surface area contributed by atoms with E-state index >= 15 is 0 Å². The summed E-state index contributed by atoms with van der Waals surface area (Å²) < 4.78 is 21.4. The second kappa shape index (κ2) is 13.9. The molecule has 34 heavy (non-hydrogen) atoms. The first-order chi connectivity index (χ1) is 16.4. The van der Waals surface area contributed by atoms with E-state index in [2.05, 4.69) is 5.32 Å². The van der Waals surface area contributed by atoms with Crippen molar-refractivity contribution in [3.05, 3.63) is 65.7 Å². The summed E-state index contributed by atoms with van der Waals surface area (Å²) in [5.74, 6) is 0.771. The summed E-state index contributed by atoms with van der Waals surface area (Å²) in [6.07, 6.45) is 1.10. The van der Waals surface area contributed by atoms with Gasteiger partial charge in [0.2, 0.25) is 0 Å². The molecule has 0 aliphatic rings. The van der Waals surface area contributed by atoms with E-state index in [1.54, 1.807) is 63.4 Å². The van der Waals surface area contributed by atoms with Gasteiger partial charge in [-0.15, -0.1) is 0 Å². The molecule has 0 aromatic heterocycles. The van der Waals surface area contributed by atoms with E-state index in [9.17, 15) is 9.59 Å². The van der Waals surface area contributed by atoms with Gasteiger partial charge in [0.25, 0.3) is 0 Å². The number of anilines is 1. The number of hydrogen-bond acceptors (Lipinski definition) is 7. The number of allylic oxidation sites excluding steroid dienone is 1. The van der Waals surface area contributed by atoms with Crippen molar-refractivity contribution >= 4 is 17.7 Å². The molecule has 2 aromatic rings. The van der Waals surface area contributed by atoms with Gasteiger partial charge in [0.05, 0.1) is 20.3 Å². The minimum absolute atomic E-state index is 0.0811. The molecule has 0 bridgehead atoms. The molecule has 184 valence electrons. The van der Waals surface area contributed by atoms with Crippen molar-refractivity contribution in [3.63, 3.8) is 0 Å². The molecular formula is C26H33NO7. The number of benzene rings is 2. The smallest absolute Gasteiger partial charge is 0.412 e. The zero-order chi connectivity index (χ0) is 24.9. The number of rotatable bonds is 12. The van der Waals surface area contributed by atoms with Crippen LogP contribution in [-0.4, -0.2) is 44.1 Å². The van der Waals surface area contributed by atoms with E-state index < -0.39 is 12.2 Å². The van der Waals surface area contributed by atoms with Crippen molar-refractivity contribution in [2.75, 3.05) is 32.2 Å². The van der Waals surface area contributed by atoms with Crippen LogP contribution in [0.4, 0.5) is 10.5 Å². The average Bonchev–Trinajstić information content (AvgIpc) is 2.85. The van der Waals surface area contributed by atoms with E-state index in [0.717, 1.165) is 5.56 Å². The Balaban J connectivity index is 2.17. The lowest BCUT2D eigenvalue weighted by molar-refractivity contribution is -0.138. The van der Waals surface area contributed by atoms with Gasteiger partial charge in [-0.3, -0.25) is 5.32 Å². The number of methoxy groups -OCH3 is 1. The highest BCUT2D eigenvalue weighted by molar-refractivity contribution is 5.87. The second-order valence-electron chi connectivity index (χ2n) is 7.64. The van der Waals surface area contributed by atoms with Gasteiger partial charge in [-0.05, 0) is 62.2 Å². The van der Waals surface area contributed by atoms with Gasteiger partial charge in [-0.2, -0.15) is 0 Å². The van der Waals surface area contributed by atoms with Gasteiger partial charge in [0.15, 0.2) is 0 Å². The van der Waals surface area contributed by atoms with Crippen molar-refractivity contribution in [2.45, 2.75) is 33.3 Å². The molecule has 0 spiro atoms. The highest BCUT2D eigenvalue weighted by Crippen LogP contribution is 2.31. The molecule has 2 aromatic carbocycles. The molecule has 8 nitrogen and oxygen atoms in total. The molecule has 0 heterocycles. The minimum atomic E-state index is -0.603. The Morgan fingerprint density at radius 2 is 1.71 bits per heavy atom. The summed E-state index contributed by atoms with van der Waals surface area (Å²) in [7, 11) is 1.57. The molecule has 0 aliphatic carbocycles. The fraction of sp³-hybridized carbons (Fsp3) is 0.385. The third-order valence-electron chi connectivity index (χ3n) is 5.05. The normalized spacial score (nSPS) is 12.9. The molecule has 0 saturated heterocycles. The third kappa shape index (κ3) is 8.44. The number of aliphatic hydroxyl groups is 1. The fourth-order valence-corrected chi connectivity index (χ4v) is 3.18. The van der Waals surface area contributed by atoms with Gasteiger partial charge < -0.3 is 24.1 Å². The van der Waals surface area contributed by atoms with Crippen LogP contribution in [0.2, 0.25) is 0 Å². The van der Waals surface area contributed by atoms with E-state index in [1.807, 2.05) is 19.1 Å². The maximum Gasteiger partial charge on any atom is 0.412 e. The Morgan fingerprint density at radius 1 is 1.06 bits per heavy atom. The summed E-state index contributed by atoms with van der Waals surface area (Å²) >= 11 is 0. The van der Waals surface area contributed by atoms with Crippen LogP contribution in [-0.2, 0) is 14.3 Å². The number of esters is 1. The van der Waals surface area contributed by atoms with Crippen LogP contribution in [0.3, 0.4) is 0 Å².